The van der Waals surface area contributed by atoms with Crippen LogP contribution >= 0.6 is 0 Å². The van der Waals surface area contributed by atoms with Gasteiger partial charge in [-0.2, -0.15) is 0 Å². The number of nitrogens with two attached hydrogens (primary N) is 1. The van der Waals surface area contributed by atoms with E-state index in [0.29, 0.717) is 61.1 Å². The molecule has 1 fully saturated rings. The van der Waals surface area contributed by atoms with Crippen LogP contribution < -0.4 is 5.73 Å². The second kappa shape index (κ2) is 8.69. The largest absolute Gasteiger partial charge is 0.390 e. The molecule has 1 aromatic carbocycles. The molecule has 1 aliphatic rings. The molecule has 0 unspecified atom stereocenters. The van der Waals surface area contributed by atoms with E-state index in [0.717, 1.165) is 12.0 Å². The van der Waals surface area contributed by atoms with Crippen molar-refractivity contribution >= 4 is 17.4 Å². The number of benzene rings is 1. The molecule has 2 aromatic heterocycles. The number of hydrogen-bond acceptors (Lipinski definition) is 5. The van der Waals surface area contributed by atoms with E-state index in [9.17, 15) is 9.90 Å². The number of imidazole rings is 1. The van der Waals surface area contributed by atoms with Gasteiger partial charge >= 0.3 is 0 Å². The number of pyridine rings is 1. The van der Waals surface area contributed by atoms with Crippen LogP contribution in [0.5, 0.6) is 0 Å². The van der Waals surface area contributed by atoms with Gasteiger partial charge in [0.05, 0.1) is 36.8 Å². The third kappa shape index (κ3) is 3.79. The number of hydrogen-bond donors (Lipinski definition) is 2. The minimum atomic E-state index is -0.198. The van der Waals surface area contributed by atoms with E-state index in [2.05, 4.69) is 32.0 Å². The number of rotatable bonds is 5. The van der Waals surface area contributed by atoms with E-state index < -0.39 is 0 Å². The monoisotopic (exact) mass is 422 g/mol. The number of nitrogens with zero attached hydrogens (tertiary/aromatic N) is 3. The summed E-state index contributed by atoms with van der Waals surface area (Å²) in [5, 5.41) is 9.99. The van der Waals surface area contributed by atoms with Gasteiger partial charge in [0.2, 0.25) is 0 Å². The third-order valence-corrected chi connectivity index (χ3v) is 6.23. The molecule has 3 N–H and O–H groups in total. The Bertz CT molecular complexity index is 1130. The number of nitrogen functional groups attached to an aromatic ring is 1. The van der Waals surface area contributed by atoms with Crippen molar-refractivity contribution in [2.45, 2.75) is 40.2 Å². The fourth-order valence-electron chi connectivity index (χ4n) is 4.43. The number of carbonyl (C=O) groups is 1. The Morgan fingerprint density at radius 1 is 1.23 bits per heavy atom. The Morgan fingerprint density at radius 2 is 1.97 bits per heavy atom. The normalized spacial score (nSPS) is 14.4. The van der Waals surface area contributed by atoms with Gasteiger partial charge < -0.3 is 20.5 Å². The summed E-state index contributed by atoms with van der Waals surface area (Å²) in [5.41, 5.74) is 13.6. The number of aryl methyl sites for hydroxylation is 3. The molecular weight excluding hydrogens is 392 g/mol. The lowest BCUT2D eigenvalue weighted by Gasteiger charge is -2.27. The number of anilines is 1. The van der Waals surface area contributed by atoms with Crippen LogP contribution in [-0.4, -0.2) is 51.6 Å². The van der Waals surface area contributed by atoms with Gasteiger partial charge in [0.15, 0.2) is 0 Å². The highest BCUT2D eigenvalue weighted by atomic mass is 16.5. The van der Waals surface area contributed by atoms with Crippen LogP contribution in [0.2, 0.25) is 0 Å². The minimum Gasteiger partial charge on any atom is -0.390 e. The number of morpholine rings is 1. The number of aromatic nitrogens is 2. The predicted molar refractivity (Wildman–Crippen MR) is 120 cm³/mol. The van der Waals surface area contributed by atoms with Crippen molar-refractivity contribution in [3.8, 4) is 0 Å². The zero-order valence-corrected chi connectivity index (χ0v) is 18.4. The number of aliphatic hydroxyl groups excluding tert-OH is 1. The molecule has 1 saturated heterocycles. The minimum absolute atomic E-state index is 0.111. The lowest BCUT2D eigenvalue weighted by Crippen LogP contribution is -2.41. The number of carbonyl (C=O) groups excluding carboxylic acids is 1. The molecule has 31 heavy (non-hydrogen) atoms. The first kappa shape index (κ1) is 21.3. The number of ether oxygens (including phenoxy) is 1. The maximum absolute atomic E-state index is 13.4. The average molecular weight is 423 g/mol. The van der Waals surface area contributed by atoms with Gasteiger partial charge in [-0.15, -0.1) is 0 Å². The Morgan fingerprint density at radius 3 is 2.65 bits per heavy atom. The molecule has 7 heteroatoms. The molecule has 7 nitrogen and oxygen atoms in total. The van der Waals surface area contributed by atoms with Gasteiger partial charge in [0.25, 0.3) is 5.91 Å². The lowest BCUT2D eigenvalue weighted by atomic mass is 9.94. The van der Waals surface area contributed by atoms with Crippen LogP contribution in [-0.2, 0) is 24.2 Å². The first-order valence-corrected chi connectivity index (χ1v) is 10.8. The second-order valence-electron chi connectivity index (χ2n) is 8.08. The second-order valence-corrected chi connectivity index (χ2v) is 8.08. The zero-order chi connectivity index (χ0) is 22.1. The number of aliphatic hydroxyl groups is 1. The van der Waals surface area contributed by atoms with Crippen molar-refractivity contribution in [1.29, 1.82) is 0 Å². The first-order valence-electron chi connectivity index (χ1n) is 10.8. The van der Waals surface area contributed by atoms with Gasteiger partial charge in [-0.05, 0) is 43.0 Å². The highest BCUT2D eigenvalue weighted by molar-refractivity contribution is 5.99. The van der Waals surface area contributed by atoms with Crippen LogP contribution in [0, 0.1) is 13.8 Å². The molecular formula is C24H30N4O3. The topological polar surface area (TPSA) is 93.1 Å². The summed E-state index contributed by atoms with van der Waals surface area (Å²) in [6, 6.07) is 8.22. The smallest absolute Gasteiger partial charge is 0.257 e. The Labute approximate surface area is 182 Å². The van der Waals surface area contributed by atoms with E-state index in [1.165, 1.54) is 16.7 Å². The fraction of sp³-hybridized carbons (Fsp3) is 0.417. The van der Waals surface area contributed by atoms with Gasteiger partial charge in [-0.1, -0.05) is 25.1 Å². The van der Waals surface area contributed by atoms with Crippen molar-refractivity contribution in [3.63, 3.8) is 0 Å². The van der Waals surface area contributed by atoms with Crippen molar-refractivity contribution < 1.29 is 14.6 Å². The van der Waals surface area contributed by atoms with Crippen LogP contribution in [0.3, 0.4) is 0 Å². The van der Waals surface area contributed by atoms with E-state index >= 15 is 0 Å². The van der Waals surface area contributed by atoms with Crippen LogP contribution in [0.15, 0.2) is 24.3 Å². The van der Waals surface area contributed by atoms with Crippen molar-refractivity contribution in [3.05, 3.63) is 63.5 Å². The quantitative estimate of drug-likeness (QED) is 0.659. The molecule has 164 valence electrons. The summed E-state index contributed by atoms with van der Waals surface area (Å²) in [7, 11) is 0. The van der Waals surface area contributed by atoms with Crippen LogP contribution in [0.4, 0.5) is 5.82 Å². The summed E-state index contributed by atoms with van der Waals surface area (Å²) in [6.45, 7) is 8.05. The van der Waals surface area contributed by atoms with Gasteiger partial charge in [-0.3, -0.25) is 9.20 Å². The molecule has 0 aliphatic carbocycles. The molecule has 3 heterocycles. The summed E-state index contributed by atoms with van der Waals surface area (Å²) < 4.78 is 7.15. The van der Waals surface area contributed by atoms with Crippen LogP contribution in [0.1, 0.15) is 50.9 Å². The summed E-state index contributed by atoms with van der Waals surface area (Å²) in [5.74, 6) is 0.208. The standard InChI is InChI=1S/C24H30N4O3/c1-4-17-7-5-6-15(2)19(17)12-18-13-20(24(30)27-8-10-31-11-9-27)22(25)28-21(14-29)16(3)26-23(18)28/h5-7,13,29H,4,8-12,14,25H2,1-3H3. The van der Waals surface area contributed by atoms with E-state index in [4.69, 9.17) is 15.5 Å². The van der Waals surface area contributed by atoms with E-state index in [1.54, 1.807) is 9.30 Å². The van der Waals surface area contributed by atoms with Crippen molar-refractivity contribution in [2.24, 2.45) is 0 Å². The number of amides is 1. The van der Waals surface area contributed by atoms with Crippen molar-refractivity contribution in [1.82, 2.24) is 14.3 Å². The average Bonchev–Trinajstić information content (AvgIpc) is 3.13. The molecule has 0 bridgehead atoms. The molecule has 0 spiro atoms. The summed E-state index contributed by atoms with van der Waals surface area (Å²) >= 11 is 0. The Kier molecular flexibility index (Phi) is 5.98. The number of fused-ring (bicyclic) bond motifs is 1. The zero-order valence-electron chi connectivity index (χ0n) is 18.4. The summed E-state index contributed by atoms with van der Waals surface area (Å²) in [4.78, 5) is 19.9. The lowest BCUT2D eigenvalue weighted by molar-refractivity contribution is 0.0303. The van der Waals surface area contributed by atoms with E-state index in [1.807, 2.05) is 13.0 Å². The summed E-state index contributed by atoms with van der Waals surface area (Å²) in [6.07, 6.45) is 1.57. The maximum atomic E-state index is 13.4. The van der Waals surface area contributed by atoms with E-state index in [-0.39, 0.29) is 12.5 Å². The molecule has 1 aliphatic heterocycles. The first-order chi connectivity index (χ1) is 15.0. The predicted octanol–water partition coefficient (Wildman–Crippen LogP) is 2.65. The SMILES string of the molecule is CCc1cccc(C)c1Cc1cc(C(=O)N2CCOCC2)c(N)n2c(CO)c(C)nc12. The molecule has 4 rings (SSSR count). The van der Waals surface area contributed by atoms with Gasteiger partial charge in [-0.25, -0.2) is 4.98 Å². The molecule has 1 amide bonds. The maximum Gasteiger partial charge on any atom is 0.257 e. The highest BCUT2D eigenvalue weighted by Crippen LogP contribution is 2.29. The fourth-order valence-corrected chi connectivity index (χ4v) is 4.43. The molecule has 3 aromatic rings. The van der Waals surface area contributed by atoms with Gasteiger partial charge in [0, 0.05) is 25.1 Å². The van der Waals surface area contributed by atoms with Gasteiger partial charge in [0.1, 0.15) is 11.5 Å². The van der Waals surface area contributed by atoms with Crippen LogP contribution in [0.25, 0.3) is 5.65 Å². The molecule has 0 atom stereocenters. The Hall–Kier alpha value is -2.90. The molecule has 0 saturated carbocycles. The highest BCUT2D eigenvalue weighted by Gasteiger charge is 2.25. The van der Waals surface area contributed by atoms with Crippen molar-refractivity contribution in [2.75, 3.05) is 32.0 Å². The Balaban J connectivity index is 1.90. The molecule has 0 radical (unpaired) electrons. The third-order valence-electron chi connectivity index (χ3n) is 6.23.